The van der Waals surface area contributed by atoms with Crippen molar-refractivity contribution in [3.05, 3.63) is 143 Å². The van der Waals surface area contributed by atoms with Gasteiger partial charge in [-0.3, -0.25) is 0 Å². The van der Waals surface area contributed by atoms with E-state index in [0.29, 0.717) is 40.0 Å². The first-order valence-electron chi connectivity index (χ1n) is 11.4. The van der Waals surface area contributed by atoms with Gasteiger partial charge < -0.3 is 24.8 Å². The van der Waals surface area contributed by atoms with Gasteiger partial charge in [0.05, 0.1) is 0 Å². The van der Waals surface area contributed by atoms with Gasteiger partial charge in [-0.25, -0.2) is 0 Å². The van der Waals surface area contributed by atoms with Crippen LogP contribution in [0.25, 0.3) is 12.2 Å². The molecule has 0 N–H and O–H groups in total. The third kappa shape index (κ3) is 7.44. The first-order chi connectivity index (χ1) is 16.9. The summed E-state index contributed by atoms with van der Waals surface area (Å²) < 4.78 is 1.25. The Bertz CT molecular complexity index is 1180. The van der Waals surface area contributed by atoms with Crippen molar-refractivity contribution in [3.63, 3.8) is 0 Å². The topological polar surface area (TPSA) is 25.8 Å². The molecule has 2 heterocycles. The molecule has 2 aliphatic rings. The second-order valence-electron chi connectivity index (χ2n) is 8.08. The molecule has 2 aromatic carbocycles. The van der Waals surface area contributed by atoms with Crippen LogP contribution in [-0.2, 0) is 41.0 Å². The van der Waals surface area contributed by atoms with E-state index in [1.807, 2.05) is 24.5 Å². The fourth-order valence-corrected chi connectivity index (χ4v) is 7.49. The third-order valence-corrected chi connectivity index (χ3v) is 9.63. The average molecular weight is 589 g/mol. The molecule has 6 heteroatoms. The SMILES string of the molecule is C1=C[CH]([Cr+][CH2]c2ccccn2)c2ccccc21.C1=C[CH]([Cr+][CH2]c2ccccn2)c2ccccc21.[Cl-].[Cl-]. The number of nitrogens with zero attached hydrogens (tertiary/aromatic N) is 2. The van der Waals surface area contributed by atoms with Gasteiger partial charge in [0.1, 0.15) is 0 Å². The Morgan fingerprint density at radius 1 is 0.528 bits per heavy atom. The van der Waals surface area contributed by atoms with Crippen molar-refractivity contribution in [1.82, 2.24) is 9.97 Å². The molecule has 2 unspecified atom stereocenters. The van der Waals surface area contributed by atoms with Crippen molar-refractivity contribution in [1.29, 1.82) is 0 Å². The summed E-state index contributed by atoms with van der Waals surface area (Å²) in [6.07, 6.45) is 12.9. The zero-order valence-corrected chi connectivity index (χ0v) is 23.6. The molecule has 0 bridgehead atoms. The summed E-state index contributed by atoms with van der Waals surface area (Å²) in [7, 11) is 0. The molecule has 2 nitrogen and oxygen atoms in total. The number of aromatic nitrogens is 2. The number of benzene rings is 2. The zero-order valence-electron chi connectivity index (χ0n) is 19.6. The summed E-state index contributed by atoms with van der Waals surface area (Å²) in [5.74, 6) is 0. The molecule has 36 heavy (non-hydrogen) atoms. The van der Waals surface area contributed by atoms with Crippen LogP contribution in [0.15, 0.2) is 109 Å². The average Bonchev–Trinajstić information content (AvgIpc) is 3.52. The van der Waals surface area contributed by atoms with Crippen molar-refractivity contribution in [2.75, 3.05) is 0 Å². The van der Waals surface area contributed by atoms with Crippen LogP contribution in [-0.4, -0.2) is 9.97 Å². The van der Waals surface area contributed by atoms with Gasteiger partial charge in [-0.1, -0.05) is 0 Å². The van der Waals surface area contributed by atoms with Gasteiger partial charge in [0.2, 0.25) is 0 Å². The number of allylic oxidation sites excluding steroid dienone is 2. The Kier molecular flexibility index (Phi) is 11.5. The molecular weight excluding hydrogens is 563 g/mol. The van der Waals surface area contributed by atoms with Crippen molar-refractivity contribution in [3.8, 4) is 0 Å². The molecule has 4 aromatic rings. The largest absolute Gasteiger partial charge is 1.00 e. The maximum absolute atomic E-state index is 4.39. The molecule has 0 saturated heterocycles. The normalized spacial score (nSPS) is 15.9. The summed E-state index contributed by atoms with van der Waals surface area (Å²) in [5, 5.41) is 2.22. The molecule has 0 amide bonds. The van der Waals surface area contributed by atoms with Gasteiger partial charge in [0.15, 0.2) is 0 Å². The molecule has 182 valence electrons. The van der Waals surface area contributed by atoms with Crippen molar-refractivity contribution in [2.24, 2.45) is 0 Å². The minimum absolute atomic E-state index is 0. The zero-order chi connectivity index (χ0) is 23.0. The molecule has 0 radical (unpaired) electrons. The molecule has 0 saturated carbocycles. The minimum Gasteiger partial charge on any atom is -1.00 e. The molecule has 2 aromatic heterocycles. The first-order valence-corrected chi connectivity index (χ1v) is 14.7. The number of hydrogen-bond acceptors (Lipinski definition) is 2. The summed E-state index contributed by atoms with van der Waals surface area (Å²) in [6, 6.07) is 29.7. The third-order valence-electron chi connectivity index (χ3n) is 5.78. The van der Waals surface area contributed by atoms with E-state index >= 15 is 0 Å². The van der Waals surface area contributed by atoms with E-state index < -0.39 is 0 Å². The Balaban J connectivity index is 0.000000190. The Hall–Kier alpha value is -2.14. The summed E-state index contributed by atoms with van der Waals surface area (Å²) in [6.45, 7) is 0. The Morgan fingerprint density at radius 3 is 1.36 bits per heavy atom. The molecule has 0 spiro atoms. The molecule has 6 rings (SSSR count). The van der Waals surface area contributed by atoms with Crippen LogP contribution in [0.1, 0.15) is 43.2 Å². The fourth-order valence-electron chi connectivity index (χ4n) is 4.04. The number of halogens is 2. The Morgan fingerprint density at radius 2 is 0.944 bits per heavy atom. The van der Waals surface area contributed by atoms with Gasteiger partial charge in [0, 0.05) is 0 Å². The number of pyridine rings is 2. The number of rotatable bonds is 6. The minimum atomic E-state index is 0. The van der Waals surface area contributed by atoms with Crippen LogP contribution in [0.4, 0.5) is 0 Å². The molecule has 0 aliphatic heterocycles. The van der Waals surface area contributed by atoms with Gasteiger partial charge in [0.25, 0.3) is 0 Å². The van der Waals surface area contributed by atoms with Crippen LogP contribution in [0.3, 0.4) is 0 Å². The predicted molar refractivity (Wildman–Crippen MR) is 132 cm³/mol. The van der Waals surface area contributed by atoms with E-state index in [1.165, 1.54) is 33.6 Å². The Labute approximate surface area is 239 Å². The fraction of sp³-hybridized carbons (Fsp3) is 0.133. The predicted octanol–water partition coefficient (Wildman–Crippen LogP) is 0.872. The number of fused-ring (bicyclic) bond motifs is 2. The van der Waals surface area contributed by atoms with E-state index in [1.54, 1.807) is 0 Å². The van der Waals surface area contributed by atoms with E-state index in [4.69, 9.17) is 0 Å². The van der Waals surface area contributed by atoms with Crippen LogP contribution >= 0.6 is 0 Å². The van der Waals surface area contributed by atoms with Gasteiger partial charge in [-0.15, -0.1) is 0 Å². The maximum Gasteiger partial charge on any atom is -1.00 e. The maximum atomic E-state index is 4.39. The van der Waals surface area contributed by atoms with Crippen molar-refractivity contribution < 1.29 is 55.3 Å². The second-order valence-corrected chi connectivity index (χ2v) is 11.6. The quantitative estimate of drug-likeness (QED) is 0.334. The monoisotopic (exact) mass is 588 g/mol. The van der Waals surface area contributed by atoms with E-state index in [-0.39, 0.29) is 24.8 Å². The molecular formula is C30H26Cl2Cr2N2. The van der Waals surface area contributed by atoms with Crippen molar-refractivity contribution >= 4 is 12.2 Å². The van der Waals surface area contributed by atoms with E-state index in [9.17, 15) is 0 Å². The van der Waals surface area contributed by atoms with Gasteiger partial charge >= 0.3 is 216 Å². The van der Waals surface area contributed by atoms with Gasteiger partial charge in [-0.2, -0.15) is 0 Å². The van der Waals surface area contributed by atoms with E-state index in [0.717, 1.165) is 10.6 Å². The summed E-state index contributed by atoms with van der Waals surface area (Å²) in [4.78, 5) is 8.77. The summed E-state index contributed by atoms with van der Waals surface area (Å²) >= 11 is 1.11. The van der Waals surface area contributed by atoms with Gasteiger partial charge in [-0.05, 0) is 0 Å². The molecule has 2 aliphatic carbocycles. The standard InChI is InChI=1S/2C9H7.2C6H6N.2ClH.2Cr/c2*1-2-5-9-7-3-6-8(9)4-1;2*1-6-4-2-3-5-7-6;;;;/h2*1-7H;2*2-5H,1H2;2*1H;;/q;;;;;;2*+1/p-2. The molecule has 2 atom stereocenters. The summed E-state index contributed by atoms with van der Waals surface area (Å²) in [5.41, 5.74) is 8.18. The van der Waals surface area contributed by atoms with Crippen LogP contribution < -0.4 is 24.8 Å². The smallest absolute Gasteiger partial charge is 1.00 e. The van der Waals surface area contributed by atoms with E-state index in [2.05, 4.69) is 107 Å². The van der Waals surface area contributed by atoms with Crippen LogP contribution in [0.2, 0.25) is 0 Å². The number of hydrogen-bond donors (Lipinski definition) is 0. The van der Waals surface area contributed by atoms with Crippen LogP contribution in [0.5, 0.6) is 0 Å². The molecule has 0 fully saturated rings. The van der Waals surface area contributed by atoms with Crippen LogP contribution in [0, 0.1) is 0 Å². The first kappa shape index (κ1) is 28.4. The second kappa shape index (κ2) is 14.6. The van der Waals surface area contributed by atoms with Crippen molar-refractivity contribution in [2.45, 2.75) is 20.1 Å².